The molecule has 0 aliphatic carbocycles. The fourth-order valence-corrected chi connectivity index (χ4v) is 1.70. The first-order valence-corrected chi connectivity index (χ1v) is 6.63. The highest BCUT2D eigenvalue weighted by Crippen LogP contribution is 2.16. The average molecular weight is 278 g/mol. The van der Waals surface area contributed by atoms with E-state index in [1.165, 1.54) is 4.90 Å². The van der Waals surface area contributed by atoms with E-state index in [0.29, 0.717) is 18.7 Å². The van der Waals surface area contributed by atoms with Gasteiger partial charge in [0.1, 0.15) is 0 Å². The van der Waals surface area contributed by atoms with E-state index in [-0.39, 0.29) is 0 Å². The molecule has 1 atom stereocenters. The van der Waals surface area contributed by atoms with Crippen LogP contribution in [0.5, 0.6) is 0 Å². The highest BCUT2D eigenvalue weighted by molar-refractivity contribution is 6.39. The largest absolute Gasteiger partial charge is 0.393 e. The minimum atomic E-state index is -0.660. The first kappa shape index (κ1) is 16.2. The average Bonchev–Trinajstić information content (AvgIpc) is 2.39. The van der Waals surface area contributed by atoms with E-state index in [1.54, 1.807) is 14.0 Å². The van der Waals surface area contributed by atoms with Crippen LogP contribution in [0.15, 0.2) is 18.2 Å². The van der Waals surface area contributed by atoms with E-state index in [4.69, 9.17) is 0 Å². The van der Waals surface area contributed by atoms with Crippen molar-refractivity contribution < 1.29 is 14.7 Å². The summed E-state index contributed by atoms with van der Waals surface area (Å²) in [6, 6.07) is 5.67. The van der Waals surface area contributed by atoms with Gasteiger partial charge in [0.15, 0.2) is 0 Å². The van der Waals surface area contributed by atoms with Gasteiger partial charge in [-0.3, -0.25) is 9.59 Å². The van der Waals surface area contributed by atoms with Crippen LogP contribution in [-0.4, -0.2) is 41.5 Å². The van der Waals surface area contributed by atoms with Crippen molar-refractivity contribution in [3.63, 3.8) is 0 Å². The first-order valence-electron chi connectivity index (χ1n) is 6.63. The predicted octanol–water partition coefficient (Wildman–Crippen LogP) is 1.47. The van der Waals surface area contributed by atoms with Crippen molar-refractivity contribution in [3.05, 3.63) is 29.3 Å². The van der Waals surface area contributed by atoms with Gasteiger partial charge in [-0.25, -0.2) is 0 Å². The van der Waals surface area contributed by atoms with Gasteiger partial charge in [-0.15, -0.1) is 0 Å². The molecular formula is C15H22N2O3. The normalized spacial score (nSPS) is 11.8. The zero-order chi connectivity index (χ0) is 15.3. The summed E-state index contributed by atoms with van der Waals surface area (Å²) in [5, 5.41) is 11.8. The Morgan fingerprint density at radius 2 is 2.00 bits per heavy atom. The molecule has 2 N–H and O–H groups in total. The van der Waals surface area contributed by atoms with Gasteiger partial charge in [0.05, 0.1) is 6.10 Å². The Labute approximate surface area is 119 Å². The van der Waals surface area contributed by atoms with Crippen LogP contribution in [0.2, 0.25) is 0 Å². The highest BCUT2D eigenvalue weighted by atomic mass is 16.3. The number of anilines is 1. The molecule has 1 aromatic rings. The molecule has 2 amide bonds. The maximum absolute atomic E-state index is 11.9. The third-order valence-electron chi connectivity index (χ3n) is 3.06. The Morgan fingerprint density at radius 1 is 1.35 bits per heavy atom. The number of likely N-dealkylation sites (N-methyl/N-ethyl adjacent to an activating group) is 1. The van der Waals surface area contributed by atoms with Gasteiger partial charge in [0.25, 0.3) is 0 Å². The molecular weight excluding hydrogens is 256 g/mol. The molecule has 0 fully saturated rings. The number of benzene rings is 1. The van der Waals surface area contributed by atoms with E-state index >= 15 is 0 Å². The Kier molecular flexibility index (Phi) is 5.70. The number of aliphatic hydroxyl groups excluding tert-OH is 1. The molecule has 0 spiro atoms. The molecule has 5 heteroatoms. The van der Waals surface area contributed by atoms with Crippen molar-refractivity contribution in [1.82, 2.24) is 4.90 Å². The lowest BCUT2D eigenvalue weighted by Crippen LogP contribution is -2.38. The number of carbonyl (C=O) groups is 2. The lowest BCUT2D eigenvalue weighted by atomic mass is 10.1. The van der Waals surface area contributed by atoms with Crippen LogP contribution in [0.4, 0.5) is 5.69 Å². The van der Waals surface area contributed by atoms with Crippen LogP contribution in [0.1, 0.15) is 24.5 Å². The standard InChI is InChI=1S/C15H22N2O3/c1-10-5-6-11(2)13(9-10)16-14(19)15(20)17(4)8-7-12(3)18/h5-6,9,12,18H,7-8H2,1-4H3,(H,16,19). The SMILES string of the molecule is Cc1ccc(C)c(NC(=O)C(=O)N(C)CCC(C)O)c1. The minimum Gasteiger partial charge on any atom is -0.393 e. The predicted molar refractivity (Wildman–Crippen MR) is 78.5 cm³/mol. The number of carbonyl (C=O) groups excluding carboxylic acids is 2. The molecule has 1 rings (SSSR count). The van der Waals surface area contributed by atoms with E-state index in [0.717, 1.165) is 11.1 Å². The number of aryl methyl sites for hydroxylation is 2. The molecule has 0 aromatic heterocycles. The van der Waals surface area contributed by atoms with Crippen molar-refractivity contribution in [2.24, 2.45) is 0 Å². The summed E-state index contributed by atoms with van der Waals surface area (Å²) >= 11 is 0. The minimum absolute atomic E-state index is 0.344. The summed E-state index contributed by atoms with van der Waals surface area (Å²) in [6.07, 6.45) is -0.0498. The third kappa shape index (κ3) is 4.66. The summed E-state index contributed by atoms with van der Waals surface area (Å²) in [5.74, 6) is -1.27. The zero-order valence-corrected chi connectivity index (χ0v) is 12.4. The van der Waals surface area contributed by atoms with Crippen LogP contribution in [0.25, 0.3) is 0 Å². The maximum Gasteiger partial charge on any atom is 0.313 e. The lowest BCUT2D eigenvalue weighted by Gasteiger charge is -2.18. The molecule has 0 bridgehead atoms. The maximum atomic E-state index is 11.9. The number of amides is 2. The molecule has 0 aliphatic rings. The monoisotopic (exact) mass is 278 g/mol. The molecule has 5 nitrogen and oxygen atoms in total. The topological polar surface area (TPSA) is 69.6 Å². The highest BCUT2D eigenvalue weighted by Gasteiger charge is 2.19. The van der Waals surface area contributed by atoms with Crippen LogP contribution in [0, 0.1) is 13.8 Å². The molecule has 20 heavy (non-hydrogen) atoms. The van der Waals surface area contributed by atoms with Gasteiger partial charge in [0, 0.05) is 19.3 Å². The molecule has 0 aliphatic heterocycles. The summed E-state index contributed by atoms with van der Waals surface area (Å²) in [6.45, 7) is 5.79. The second-order valence-electron chi connectivity index (χ2n) is 5.14. The molecule has 1 unspecified atom stereocenters. The molecule has 110 valence electrons. The Bertz CT molecular complexity index is 498. The van der Waals surface area contributed by atoms with Crippen LogP contribution < -0.4 is 5.32 Å². The van der Waals surface area contributed by atoms with Crippen LogP contribution in [0.3, 0.4) is 0 Å². The Hall–Kier alpha value is -1.88. The van der Waals surface area contributed by atoms with E-state index < -0.39 is 17.9 Å². The summed E-state index contributed by atoms with van der Waals surface area (Å²) < 4.78 is 0. The number of rotatable bonds is 4. The molecule has 0 heterocycles. The van der Waals surface area contributed by atoms with Crippen molar-refractivity contribution in [1.29, 1.82) is 0 Å². The van der Waals surface area contributed by atoms with Gasteiger partial charge in [0.2, 0.25) is 0 Å². The molecule has 1 aromatic carbocycles. The fraction of sp³-hybridized carbons (Fsp3) is 0.467. The number of aliphatic hydroxyl groups is 1. The number of hydrogen-bond acceptors (Lipinski definition) is 3. The third-order valence-corrected chi connectivity index (χ3v) is 3.06. The van der Waals surface area contributed by atoms with E-state index in [1.807, 2.05) is 32.0 Å². The second kappa shape index (κ2) is 7.05. The number of hydrogen-bond donors (Lipinski definition) is 2. The lowest BCUT2D eigenvalue weighted by molar-refractivity contribution is -0.142. The number of nitrogens with one attached hydrogen (secondary N) is 1. The quantitative estimate of drug-likeness (QED) is 0.819. The van der Waals surface area contributed by atoms with E-state index in [9.17, 15) is 14.7 Å². The Morgan fingerprint density at radius 3 is 2.60 bits per heavy atom. The summed E-state index contributed by atoms with van der Waals surface area (Å²) in [5.41, 5.74) is 2.57. The summed E-state index contributed by atoms with van der Waals surface area (Å²) in [7, 11) is 1.55. The van der Waals surface area contributed by atoms with Crippen molar-refractivity contribution in [3.8, 4) is 0 Å². The van der Waals surface area contributed by atoms with Gasteiger partial charge < -0.3 is 15.3 Å². The molecule has 0 saturated heterocycles. The zero-order valence-electron chi connectivity index (χ0n) is 12.4. The fourth-order valence-electron chi connectivity index (χ4n) is 1.70. The van der Waals surface area contributed by atoms with Crippen molar-refractivity contribution >= 4 is 17.5 Å². The van der Waals surface area contributed by atoms with E-state index in [2.05, 4.69) is 5.32 Å². The number of nitrogens with zero attached hydrogens (tertiary/aromatic N) is 1. The Balaban J connectivity index is 2.66. The van der Waals surface area contributed by atoms with Gasteiger partial charge in [-0.05, 0) is 44.4 Å². The van der Waals surface area contributed by atoms with Gasteiger partial charge >= 0.3 is 11.8 Å². The molecule has 0 saturated carbocycles. The van der Waals surface area contributed by atoms with Gasteiger partial charge in [-0.2, -0.15) is 0 Å². The van der Waals surface area contributed by atoms with Crippen molar-refractivity contribution in [2.45, 2.75) is 33.3 Å². The molecule has 0 radical (unpaired) electrons. The smallest absolute Gasteiger partial charge is 0.313 e. The van der Waals surface area contributed by atoms with Crippen molar-refractivity contribution in [2.75, 3.05) is 18.9 Å². The second-order valence-corrected chi connectivity index (χ2v) is 5.14. The first-order chi connectivity index (χ1) is 9.31. The van der Waals surface area contributed by atoms with Gasteiger partial charge in [-0.1, -0.05) is 12.1 Å². The van der Waals surface area contributed by atoms with Crippen LogP contribution >= 0.6 is 0 Å². The summed E-state index contributed by atoms with van der Waals surface area (Å²) in [4.78, 5) is 25.1. The van der Waals surface area contributed by atoms with Crippen LogP contribution in [-0.2, 0) is 9.59 Å².